The minimum atomic E-state index is -3.42. The normalized spacial score (nSPS) is 18.8. The van der Waals surface area contributed by atoms with Gasteiger partial charge >= 0.3 is 0 Å². The Kier molecular flexibility index (Phi) is 6.22. The molecule has 29 heavy (non-hydrogen) atoms. The Bertz CT molecular complexity index is 913. The van der Waals surface area contributed by atoms with Crippen molar-refractivity contribution in [3.8, 4) is 0 Å². The highest BCUT2D eigenvalue weighted by Crippen LogP contribution is 2.26. The van der Waals surface area contributed by atoms with E-state index in [4.69, 9.17) is 0 Å². The van der Waals surface area contributed by atoms with Crippen molar-refractivity contribution in [3.05, 3.63) is 47.3 Å². The van der Waals surface area contributed by atoms with Crippen molar-refractivity contribution < 1.29 is 13.2 Å². The SMILES string of the molecule is O=C(NCc1ccc(N2CCCC2)cc1)C1CCN(S(=O)(=O)c2cccs2)CC1. The molecule has 6 nitrogen and oxygen atoms in total. The van der Waals surface area contributed by atoms with Crippen LogP contribution in [-0.4, -0.2) is 44.8 Å². The van der Waals surface area contributed by atoms with Crippen LogP contribution in [0, 0.1) is 5.92 Å². The average Bonchev–Trinajstić information content (AvgIpc) is 3.47. The van der Waals surface area contributed by atoms with Crippen molar-refractivity contribution in [3.63, 3.8) is 0 Å². The molecule has 1 aromatic carbocycles. The van der Waals surface area contributed by atoms with Gasteiger partial charge in [-0.1, -0.05) is 18.2 Å². The van der Waals surface area contributed by atoms with Crippen LogP contribution < -0.4 is 10.2 Å². The van der Waals surface area contributed by atoms with Crippen molar-refractivity contribution in [1.82, 2.24) is 9.62 Å². The molecule has 0 saturated carbocycles. The number of anilines is 1. The number of nitrogens with zero attached hydrogens (tertiary/aromatic N) is 2. The molecule has 2 aliphatic heterocycles. The fraction of sp³-hybridized carbons (Fsp3) is 0.476. The second-order valence-corrected chi connectivity index (χ2v) is 10.8. The third kappa shape index (κ3) is 4.65. The molecule has 0 bridgehead atoms. The molecule has 1 aromatic heterocycles. The minimum absolute atomic E-state index is 0.0155. The first kappa shape index (κ1) is 20.4. The molecule has 0 unspecified atom stereocenters. The molecule has 4 rings (SSSR count). The van der Waals surface area contributed by atoms with E-state index < -0.39 is 10.0 Å². The van der Waals surface area contributed by atoms with E-state index in [1.54, 1.807) is 17.5 Å². The lowest BCUT2D eigenvalue weighted by molar-refractivity contribution is -0.126. The number of piperidine rings is 1. The first-order valence-electron chi connectivity index (χ1n) is 10.2. The van der Waals surface area contributed by atoms with E-state index in [1.807, 2.05) is 0 Å². The summed E-state index contributed by atoms with van der Waals surface area (Å²) in [6, 6.07) is 11.8. The molecule has 156 valence electrons. The van der Waals surface area contributed by atoms with Crippen LogP contribution in [0.2, 0.25) is 0 Å². The summed E-state index contributed by atoms with van der Waals surface area (Å²) in [4.78, 5) is 14.9. The zero-order valence-electron chi connectivity index (χ0n) is 16.4. The molecule has 2 aliphatic rings. The van der Waals surface area contributed by atoms with Gasteiger partial charge in [-0.15, -0.1) is 11.3 Å². The summed E-state index contributed by atoms with van der Waals surface area (Å²) in [6.45, 7) is 3.53. The van der Waals surface area contributed by atoms with Crippen molar-refractivity contribution in [1.29, 1.82) is 0 Å². The number of hydrogen-bond acceptors (Lipinski definition) is 5. The fourth-order valence-electron chi connectivity index (χ4n) is 4.03. The number of nitrogens with one attached hydrogen (secondary N) is 1. The van der Waals surface area contributed by atoms with E-state index >= 15 is 0 Å². The molecule has 2 fully saturated rings. The summed E-state index contributed by atoms with van der Waals surface area (Å²) in [5, 5.41) is 4.79. The number of hydrogen-bond donors (Lipinski definition) is 1. The summed E-state index contributed by atoms with van der Waals surface area (Å²) in [6.07, 6.45) is 3.63. The van der Waals surface area contributed by atoms with E-state index in [9.17, 15) is 13.2 Å². The van der Waals surface area contributed by atoms with Gasteiger partial charge in [0.05, 0.1) is 0 Å². The van der Waals surface area contributed by atoms with Gasteiger partial charge < -0.3 is 10.2 Å². The van der Waals surface area contributed by atoms with Crippen LogP contribution in [0.1, 0.15) is 31.2 Å². The topological polar surface area (TPSA) is 69.7 Å². The molecule has 3 heterocycles. The maximum absolute atomic E-state index is 12.6. The monoisotopic (exact) mass is 433 g/mol. The third-order valence-corrected chi connectivity index (χ3v) is 9.06. The fourth-order valence-corrected chi connectivity index (χ4v) is 6.64. The number of benzene rings is 1. The molecule has 2 aromatic rings. The molecule has 0 spiro atoms. The lowest BCUT2D eigenvalue weighted by Gasteiger charge is -2.30. The first-order valence-corrected chi connectivity index (χ1v) is 12.5. The second-order valence-electron chi connectivity index (χ2n) is 7.69. The van der Waals surface area contributed by atoms with Crippen LogP contribution in [0.15, 0.2) is 46.0 Å². The molecule has 2 saturated heterocycles. The van der Waals surface area contributed by atoms with Gasteiger partial charge in [0, 0.05) is 44.3 Å². The zero-order valence-corrected chi connectivity index (χ0v) is 18.1. The Labute approximate surface area is 176 Å². The molecule has 0 atom stereocenters. The highest BCUT2D eigenvalue weighted by molar-refractivity contribution is 7.91. The second kappa shape index (κ2) is 8.85. The van der Waals surface area contributed by atoms with E-state index in [0.29, 0.717) is 36.7 Å². The van der Waals surface area contributed by atoms with Crippen molar-refractivity contribution in [2.24, 2.45) is 5.92 Å². The van der Waals surface area contributed by atoms with Crippen LogP contribution in [0.25, 0.3) is 0 Å². The van der Waals surface area contributed by atoms with Crippen LogP contribution in [-0.2, 0) is 21.4 Å². The van der Waals surface area contributed by atoms with Crippen LogP contribution in [0.3, 0.4) is 0 Å². The third-order valence-electron chi connectivity index (χ3n) is 5.79. The van der Waals surface area contributed by atoms with E-state index in [-0.39, 0.29) is 11.8 Å². The zero-order chi connectivity index (χ0) is 20.3. The number of amides is 1. The Balaban J connectivity index is 1.26. The van der Waals surface area contributed by atoms with E-state index in [0.717, 1.165) is 18.7 Å². The largest absolute Gasteiger partial charge is 0.372 e. The van der Waals surface area contributed by atoms with E-state index in [2.05, 4.69) is 34.5 Å². The first-order chi connectivity index (χ1) is 14.0. The summed E-state index contributed by atoms with van der Waals surface area (Å²) < 4.78 is 27.1. The Morgan fingerprint density at radius 3 is 2.34 bits per heavy atom. The summed E-state index contributed by atoms with van der Waals surface area (Å²) >= 11 is 1.23. The van der Waals surface area contributed by atoms with Gasteiger partial charge in [0.25, 0.3) is 10.0 Å². The van der Waals surface area contributed by atoms with Gasteiger partial charge in [-0.2, -0.15) is 4.31 Å². The highest BCUT2D eigenvalue weighted by Gasteiger charge is 2.32. The highest BCUT2D eigenvalue weighted by atomic mass is 32.2. The van der Waals surface area contributed by atoms with Crippen molar-refractivity contribution in [2.75, 3.05) is 31.1 Å². The maximum Gasteiger partial charge on any atom is 0.252 e. The molecule has 0 radical (unpaired) electrons. The summed E-state index contributed by atoms with van der Waals surface area (Å²) in [7, 11) is -3.42. The quantitative estimate of drug-likeness (QED) is 0.760. The van der Waals surface area contributed by atoms with Crippen LogP contribution in [0.5, 0.6) is 0 Å². The standard InChI is InChI=1S/C21H27N3O3S2/c25-21(22-16-17-5-7-19(8-6-17)23-11-1-2-12-23)18-9-13-24(14-10-18)29(26,27)20-4-3-15-28-20/h3-8,15,18H,1-2,9-14,16H2,(H,22,25). The predicted molar refractivity (Wildman–Crippen MR) is 116 cm³/mol. The van der Waals surface area contributed by atoms with Gasteiger partial charge in [-0.25, -0.2) is 8.42 Å². The molecular formula is C21H27N3O3S2. The van der Waals surface area contributed by atoms with Crippen molar-refractivity contribution in [2.45, 2.75) is 36.4 Å². The van der Waals surface area contributed by atoms with Gasteiger partial charge in [0.1, 0.15) is 4.21 Å². The molecule has 0 aliphatic carbocycles. The lowest BCUT2D eigenvalue weighted by Crippen LogP contribution is -2.42. The number of sulfonamides is 1. The van der Waals surface area contributed by atoms with Gasteiger partial charge in [0.2, 0.25) is 5.91 Å². The number of rotatable bonds is 6. The van der Waals surface area contributed by atoms with Gasteiger partial charge in [-0.05, 0) is 54.8 Å². The summed E-state index contributed by atoms with van der Waals surface area (Å²) in [5.41, 5.74) is 2.33. The van der Waals surface area contributed by atoms with Crippen LogP contribution >= 0.6 is 11.3 Å². The maximum atomic E-state index is 12.6. The minimum Gasteiger partial charge on any atom is -0.372 e. The summed E-state index contributed by atoms with van der Waals surface area (Å²) in [5.74, 6) is -0.115. The van der Waals surface area contributed by atoms with Crippen molar-refractivity contribution >= 4 is 33.0 Å². The van der Waals surface area contributed by atoms with Gasteiger partial charge in [-0.3, -0.25) is 4.79 Å². The Morgan fingerprint density at radius 2 is 1.72 bits per heavy atom. The number of carbonyl (C=O) groups is 1. The molecule has 1 amide bonds. The molecular weight excluding hydrogens is 406 g/mol. The predicted octanol–water partition coefficient (Wildman–Crippen LogP) is 3.07. The number of thiophene rings is 1. The lowest BCUT2D eigenvalue weighted by atomic mass is 9.97. The Hall–Kier alpha value is -1.90. The average molecular weight is 434 g/mol. The Morgan fingerprint density at radius 1 is 1.03 bits per heavy atom. The van der Waals surface area contributed by atoms with Crippen LogP contribution in [0.4, 0.5) is 5.69 Å². The van der Waals surface area contributed by atoms with E-state index in [1.165, 1.54) is 34.2 Å². The molecule has 8 heteroatoms. The van der Waals surface area contributed by atoms with Gasteiger partial charge in [0.15, 0.2) is 0 Å². The number of carbonyl (C=O) groups excluding carboxylic acids is 1. The molecule has 1 N–H and O–H groups in total. The smallest absolute Gasteiger partial charge is 0.252 e.